The number of benzene rings is 3. The van der Waals surface area contributed by atoms with Gasteiger partial charge in [-0.2, -0.15) is 0 Å². The minimum atomic E-state index is -0.251. The van der Waals surface area contributed by atoms with Crippen molar-refractivity contribution in [1.29, 1.82) is 0 Å². The van der Waals surface area contributed by atoms with Crippen LogP contribution in [0, 0.1) is 0 Å². The van der Waals surface area contributed by atoms with E-state index in [2.05, 4.69) is 4.90 Å². The van der Waals surface area contributed by atoms with Crippen LogP contribution < -0.4 is 9.80 Å². The van der Waals surface area contributed by atoms with Crippen molar-refractivity contribution in [3.8, 4) is 5.75 Å². The molecule has 0 spiro atoms. The first-order valence-electron chi connectivity index (χ1n) is 8.16. The average Bonchev–Trinajstić information content (AvgIpc) is 2.64. The molecule has 4 heteroatoms. The van der Waals surface area contributed by atoms with Gasteiger partial charge in [-0.05, 0) is 36.4 Å². The van der Waals surface area contributed by atoms with Gasteiger partial charge >= 0.3 is 0 Å². The molecule has 2 N–H and O–H groups in total. The summed E-state index contributed by atoms with van der Waals surface area (Å²) in [6, 6.07) is 23.4. The highest BCUT2D eigenvalue weighted by atomic mass is 16.3. The van der Waals surface area contributed by atoms with E-state index in [9.17, 15) is 10.2 Å². The molecule has 0 radical (unpaired) electrons. The fourth-order valence-electron chi connectivity index (χ4n) is 2.94. The Bertz CT molecular complexity index is 794. The molecule has 0 heterocycles. The Morgan fingerprint density at radius 1 is 0.760 bits per heavy atom. The number of rotatable bonds is 5. The van der Waals surface area contributed by atoms with Crippen LogP contribution >= 0.6 is 0 Å². The van der Waals surface area contributed by atoms with E-state index in [0.29, 0.717) is 5.56 Å². The number of hydrogen-bond donors (Lipinski definition) is 2. The molecule has 0 amide bonds. The van der Waals surface area contributed by atoms with E-state index >= 15 is 0 Å². The van der Waals surface area contributed by atoms with Gasteiger partial charge in [0.05, 0.1) is 18.0 Å². The molecule has 0 atom stereocenters. The summed E-state index contributed by atoms with van der Waals surface area (Å²) in [7, 11) is 3.90. The minimum absolute atomic E-state index is 0.0833. The summed E-state index contributed by atoms with van der Waals surface area (Å²) in [5, 5.41) is 20.3. The van der Waals surface area contributed by atoms with Crippen molar-refractivity contribution in [1.82, 2.24) is 0 Å². The van der Waals surface area contributed by atoms with Crippen LogP contribution in [0.4, 0.5) is 22.7 Å². The molecule has 128 valence electrons. The molecule has 3 rings (SSSR count). The predicted molar refractivity (Wildman–Crippen MR) is 103 cm³/mol. The van der Waals surface area contributed by atoms with Crippen molar-refractivity contribution >= 4 is 22.7 Å². The fraction of sp³-hybridized carbons (Fsp3) is 0.143. The van der Waals surface area contributed by atoms with Gasteiger partial charge in [-0.3, -0.25) is 0 Å². The molecule has 0 aliphatic carbocycles. The smallest absolute Gasteiger partial charge is 0.123 e. The molecule has 0 unspecified atom stereocenters. The molecule has 3 aromatic rings. The van der Waals surface area contributed by atoms with Gasteiger partial charge in [-0.15, -0.1) is 0 Å². The Labute approximate surface area is 148 Å². The van der Waals surface area contributed by atoms with E-state index in [1.807, 2.05) is 85.7 Å². The van der Waals surface area contributed by atoms with Crippen LogP contribution in [0.15, 0.2) is 72.8 Å². The van der Waals surface area contributed by atoms with E-state index < -0.39 is 0 Å². The van der Waals surface area contributed by atoms with Gasteiger partial charge in [0.2, 0.25) is 0 Å². The zero-order chi connectivity index (χ0) is 17.8. The summed E-state index contributed by atoms with van der Waals surface area (Å²) in [6.45, 7) is -0.251. The third kappa shape index (κ3) is 3.30. The summed E-state index contributed by atoms with van der Waals surface area (Å²) in [4.78, 5) is 4.04. The van der Waals surface area contributed by atoms with Crippen LogP contribution in [0.5, 0.6) is 5.75 Å². The molecule has 0 aliphatic heterocycles. The molecule has 0 bridgehead atoms. The molecule has 0 aliphatic rings. The van der Waals surface area contributed by atoms with Crippen LogP contribution in [-0.2, 0) is 6.61 Å². The molecule has 0 fully saturated rings. The van der Waals surface area contributed by atoms with Crippen molar-refractivity contribution in [2.75, 3.05) is 23.9 Å². The number of para-hydroxylation sites is 2. The number of aliphatic hydroxyl groups is 1. The Morgan fingerprint density at radius 3 is 1.72 bits per heavy atom. The lowest BCUT2D eigenvalue weighted by molar-refractivity contribution is 0.276. The Kier molecular flexibility index (Phi) is 4.91. The SMILES string of the molecule is CN(C)c1ccc(O)c(CO)c1N(c1ccccc1)c1ccccc1. The van der Waals surface area contributed by atoms with Gasteiger partial charge in [0, 0.05) is 31.0 Å². The largest absolute Gasteiger partial charge is 0.507 e. The summed E-state index contributed by atoms with van der Waals surface area (Å²) in [5.74, 6) is 0.0833. The molecular formula is C21H22N2O2. The highest BCUT2D eigenvalue weighted by molar-refractivity contribution is 5.88. The second-order valence-electron chi connectivity index (χ2n) is 5.99. The third-order valence-corrected chi connectivity index (χ3v) is 4.13. The van der Waals surface area contributed by atoms with E-state index in [4.69, 9.17) is 0 Å². The first-order chi connectivity index (χ1) is 12.1. The maximum Gasteiger partial charge on any atom is 0.123 e. The van der Waals surface area contributed by atoms with Gasteiger partial charge in [-0.25, -0.2) is 0 Å². The standard InChI is InChI=1S/C21H22N2O2/c1-22(2)19-13-14-20(25)18(15-24)21(19)23(16-9-5-3-6-10-16)17-11-7-4-8-12-17/h3-14,24-25H,15H2,1-2H3. The van der Waals surface area contributed by atoms with Gasteiger partial charge < -0.3 is 20.0 Å². The number of phenols is 1. The zero-order valence-electron chi connectivity index (χ0n) is 14.4. The first kappa shape index (κ1) is 16.9. The van der Waals surface area contributed by atoms with E-state index in [-0.39, 0.29) is 12.4 Å². The summed E-state index contributed by atoms with van der Waals surface area (Å²) in [5.41, 5.74) is 4.09. The summed E-state index contributed by atoms with van der Waals surface area (Å²) >= 11 is 0. The monoisotopic (exact) mass is 334 g/mol. The maximum atomic E-state index is 10.3. The van der Waals surface area contributed by atoms with Gasteiger partial charge in [0.1, 0.15) is 5.75 Å². The summed E-state index contributed by atoms with van der Waals surface area (Å²) in [6.07, 6.45) is 0. The normalized spacial score (nSPS) is 10.5. The van der Waals surface area contributed by atoms with Crippen molar-refractivity contribution in [2.24, 2.45) is 0 Å². The van der Waals surface area contributed by atoms with Gasteiger partial charge in [-0.1, -0.05) is 36.4 Å². The fourth-order valence-corrected chi connectivity index (χ4v) is 2.94. The predicted octanol–water partition coefficient (Wildman–Crippen LogP) is 4.42. The highest BCUT2D eigenvalue weighted by Gasteiger charge is 2.22. The van der Waals surface area contributed by atoms with Crippen LogP contribution in [0.25, 0.3) is 0 Å². The lowest BCUT2D eigenvalue weighted by Crippen LogP contribution is -2.18. The second-order valence-corrected chi connectivity index (χ2v) is 5.99. The first-order valence-corrected chi connectivity index (χ1v) is 8.16. The average molecular weight is 334 g/mol. The van der Waals surface area contributed by atoms with E-state index in [1.165, 1.54) is 0 Å². The van der Waals surface area contributed by atoms with Crippen LogP contribution in [0.3, 0.4) is 0 Å². The quantitative estimate of drug-likeness (QED) is 0.725. The van der Waals surface area contributed by atoms with Crippen molar-refractivity contribution in [3.05, 3.63) is 78.4 Å². The third-order valence-electron chi connectivity index (χ3n) is 4.13. The number of anilines is 4. The van der Waals surface area contributed by atoms with E-state index in [0.717, 1.165) is 22.7 Å². The van der Waals surface area contributed by atoms with Crippen LogP contribution in [-0.4, -0.2) is 24.3 Å². The zero-order valence-corrected chi connectivity index (χ0v) is 14.4. The van der Waals surface area contributed by atoms with Crippen molar-refractivity contribution < 1.29 is 10.2 Å². The highest BCUT2D eigenvalue weighted by Crippen LogP contribution is 2.44. The van der Waals surface area contributed by atoms with Crippen LogP contribution in [0.1, 0.15) is 5.56 Å². The number of aliphatic hydroxyl groups excluding tert-OH is 1. The molecule has 4 nitrogen and oxygen atoms in total. The molecule has 0 saturated heterocycles. The number of aromatic hydroxyl groups is 1. The number of nitrogens with zero attached hydrogens (tertiary/aromatic N) is 2. The van der Waals surface area contributed by atoms with Crippen molar-refractivity contribution in [2.45, 2.75) is 6.61 Å². The van der Waals surface area contributed by atoms with E-state index in [1.54, 1.807) is 6.07 Å². The lowest BCUT2D eigenvalue weighted by Gasteiger charge is -2.31. The molecule has 3 aromatic carbocycles. The van der Waals surface area contributed by atoms with Gasteiger partial charge in [0.25, 0.3) is 0 Å². The topological polar surface area (TPSA) is 46.9 Å². The Hall–Kier alpha value is -2.98. The molecular weight excluding hydrogens is 312 g/mol. The number of hydrogen-bond acceptors (Lipinski definition) is 4. The van der Waals surface area contributed by atoms with Gasteiger partial charge in [0.15, 0.2) is 0 Å². The molecule has 0 saturated carbocycles. The molecule has 25 heavy (non-hydrogen) atoms. The Morgan fingerprint density at radius 2 is 1.28 bits per heavy atom. The van der Waals surface area contributed by atoms with Crippen LogP contribution in [0.2, 0.25) is 0 Å². The second kappa shape index (κ2) is 7.28. The lowest BCUT2D eigenvalue weighted by atomic mass is 10.1. The Balaban J connectivity index is 2.33. The summed E-state index contributed by atoms with van der Waals surface area (Å²) < 4.78 is 0. The maximum absolute atomic E-state index is 10.3. The minimum Gasteiger partial charge on any atom is -0.507 e. The molecule has 0 aromatic heterocycles. The van der Waals surface area contributed by atoms with Crippen molar-refractivity contribution in [3.63, 3.8) is 0 Å².